The van der Waals surface area contributed by atoms with Crippen LogP contribution in [0.5, 0.6) is 0 Å². The van der Waals surface area contributed by atoms with Gasteiger partial charge < -0.3 is 0 Å². The van der Waals surface area contributed by atoms with Crippen LogP contribution >= 0.6 is 11.6 Å². The van der Waals surface area contributed by atoms with Crippen LogP contribution in [0.3, 0.4) is 0 Å². The fourth-order valence-electron chi connectivity index (χ4n) is 1.33. The number of aryl methyl sites for hydroxylation is 1. The molecule has 0 fully saturated rings. The van der Waals surface area contributed by atoms with Crippen molar-refractivity contribution >= 4 is 26.9 Å². The normalized spacial score (nSPS) is 13.3. The predicted molar refractivity (Wildman–Crippen MR) is 66.4 cm³/mol. The summed E-state index contributed by atoms with van der Waals surface area (Å²) >= 11 is 5.27. The first kappa shape index (κ1) is 15.1. The standard InChI is InChI=1S/C11H13ClFNO3S/c1-3-10(11(12)15)14-18(16,17)8-4-5-9(13)7(2)6-8/h4-6,10,14H,3H2,1-2H3. The summed E-state index contributed by atoms with van der Waals surface area (Å²) in [5.41, 5.74) is 0.211. The average Bonchev–Trinajstić information content (AvgIpc) is 2.29. The number of benzene rings is 1. The first-order valence-corrected chi connectivity index (χ1v) is 7.12. The lowest BCUT2D eigenvalue weighted by molar-refractivity contribution is -0.113. The van der Waals surface area contributed by atoms with Gasteiger partial charge in [0, 0.05) is 0 Å². The second kappa shape index (κ2) is 5.77. The Morgan fingerprint density at radius 2 is 2.11 bits per heavy atom. The molecule has 1 aromatic rings. The second-order valence-electron chi connectivity index (χ2n) is 3.80. The van der Waals surface area contributed by atoms with Crippen LogP contribution in [0.25, 0.3) is 0 Å². The van der Waals surface area contributed by atoms with E-state index in [0.29, 0.717) is 0 Å². The Hall–Kier alpha value is -0.980. The summed E-state index contributed by atoms with van der Waals surface area (Å²) in [6, 6.07) is 2.41. The minimum Gasteiger partial charge on any atom is -0.279 e. The first-order chi connectivity index (χ1) is 8.27. The Morgan fingerprint density at radius 1 is 1.50 bits per heavy atom. The summed E-state index contributed by atoms with van der Waals surface area (Å²) in [6.07, 6.45) is 0.238. The van der Waals surface area contributed by atoms with E-state index >= 15 is 0 Å². The van der Waals surface area contributed by atoms with E-state index in [1.807, 2.05) is 0 Å². The molecule has 0 heterocycles. The van der Waals surface area contributed by atoms with Crippen LogP contribution in [-0.4, -0.2) is 19.7 Å². The first-order valence-electron chi connectivity index (χ1n) is 5.25. The van der Waals surface area contributed by atoms with Crippen molar-refractivity contribution in [2.45, 2.75) is 31.2 Å². The van der Waals surface area contributed by atoms with E-state index in [0.717, 1.165) is 12.1 Å². The molecule has 1 aromatic carbocycles. The molecule has 0 aliphatic heterocycles. The van der Waals surface area contributed by atoms with Crippen molar-refractivity contribution in [3.63, 3.8) is 0 Å². The molecule has 1 rings (SSSR count). The van der Waals surface area contributed by atoms with Crippen LogP contribution in [0.2, 0.25) is 0 Å². The Kier molecular flexibility index (Phi) is 4.84. The number of hydrogen-bond acceptors (Lipinski definition) is 3. The maximum atomic E-state index is 13.1. The molecule has 0 radical (unpaired) electrons. The molecule has 1 unspecified atom stereocenters. The lowest BCUT2D eigenvalue weighted by Gasteiger charge is -2.13. The maximum absolute atomic E-state index is 13.1. The molecule has 0 amide bonds. The SMILES string of the molecule is CCC(NS(=O)(=O)c1ccc(F)c(C)c1)C(=O)Cl. The van der Waals surface area contributed by atoms with E-state index in [1.165, 1.54) is 13.0 Å². The Bertz CT molecular complexity index is 559. The monoisotopic (exact) mass is 293 g/mol. The molecule has 7 heteroatoms. The highest BCUT2D eigenvalue weighted by Gasteiger charge is 2.23. The van der Waals surface area contributed by atoms with Gasteiger partial charge in [0.15, 0.2) is 0 Å². The molecular formula is C11H13ClFNO3S. The molecule has 0 saturated carbocycles. The summed E-state index contributed by atoms with van der Waals surface area (Å²) in [5.74, 6) is -0.491. The van der Waals surface area contributed by atoms with Crippen molar-refractivity contribution in [2.24, 2.45) is 0 Å². The highest BCUT2D eigenvalue weighted by molar-refractivity contribution is 7.89. The molecule has 1 atom stereocenters. The van der Waals surface area contributed by atoms with E-state index in [-0.39, 0.29) is 16.9 Å². The van der Waals surface area contributed by atoms with E-state index < -0.39 is 27.1 Å². The van der Waals surface area contributed by atoms with Gasteiger partial charge in [-0.05, 0) is 48.7 Å². The molecule has 18 heavy (non-hydrogen) atoms. The topological polar surface area (TPSA) is 63.2 Å². The van der Waals surface area contributed by atoms with Gasteiger partial charge in [0.1, 0.15) is 5.82 Å². The summed E-state index contributed by atoms with van der Waals surface area (Å²) < 4.78 is 39.1. The quantitative estimate of drug-likeness (QED) is 0.844. The largest absolute Gasteiger partial charge is 0.279 e. The zero-order valence-electron chi connectivity index (χ0n) is 9.91. The smallest absolute Gasteiger partial charge is 0.241 e. The lowest BCUT2D eigenvalue weighted by atomic mass is 10.2. The average molecular weight is 294 g/mol. The number of carbonyl (C=O) groups excluding carboxylic acids is 1. The van der Waals surface area contributed by atoms with Crippen LogP contribution in [-0.2, 0) is 14.8 Å². The number of sulfonamides is 1. The summed E-state index contributed by atoms with van der Waals surface area (Å²) in [4.78, 5) is 10.9. The maximum Gasteiger partial charge on any atom is 0.241 e. The molecule has 0 aliphatic rings. The van der Waals surface area contributed by atoms with Gasteiger partial charge in [-0.25, -0.2) is 12.8 Å². The molecule has 100 valence electrons. The number of halogens is 2. The molecule has 0 saturated heterocycles. The van der Waals surface area contributed by atoms with Crippen LogP contribution in [0.4, 0.5) is 4.39 Å². The fourth-order valence-corrected chi connectivity index (χ4v) is 2.97. The van der Waals surface area contributed by atoms with Crippen LogP contribution in [0.15, 0.2) is 23.1 Å². The zero-order chi connectivity index (χ0) is 13.9. The summed E-state index contributed by atoms with van der Waals surface area (Å²) in [6.45, 7) is 3.09. The Morgan fingerprint density at radius 3 is 2.56 bits per heavy atom. The summed E-state index contributed by atoms with van der Waals surface area (Å²) in [5, 5.41) is -0.778. The van der Waals surface area contributed by atoms with E-state index in [4.69, 9.17) is 11.6 Å². The van der Waals surface area contributed by atoms with Crippen molar-refractivity contribution in [1.29, 1.82) is 0 Å². The van der Waals surface area contributed by atoms with Gasteiger partial charge in [-0.2, -0.15) is 4.72 Å². The van der Waals surface area contributed by atoms with Crippen LogP contribution < -0.4 is 4.72 Å². The van der Waals surface area contributed by atoms with Crippen molar-refractivity contribution in [2.75, 3.05) is 0 Å². The third-order valence-electron chi connectivity index (χ3n) is 2.42. The van der Waals surface area contributed by atoms with Gasteiger partial charge in [0.05, 0.1) is 10.9 Å². The summed E-state index contributed by atoms with van der Waals surface area (Å²) in [7, 11) is -3.88. The van der Waals surface area contributed by atoms with Crippen LogP contribution in [0.1, 0.15) is 18.9 Å². The van der Waals surface area contributed by atoms with E-state index in [2.05, 4.69) is 4.72 Å². The third kappa shape index (κ3) is 3.51. The second-order valence-corrected chi connectivity index (χ2v) is 5.88. The number of hydrogen-bond donors (Lipinski definition) is 1. The molecule has 1 N–H and O–H groups in total. The van der Waals surface area contributed by atoms with E-state index in [9.17, 15) is 17.6 Å². The lowest BCUT2D eigenvalue weighted by Crippen LogP contribution is -2.38. The number of rotatable bonds is 5. The van der Waals surface area contributed by atoms with Crippen molar-refractivity contribution < 1.29 is 17.6 Å². The van der Waals surface area contributed by atoms with Crippen molar-refractivity contribution in [3.8, 4) is 0 Å². The molecular weight excluding hydrogens is 281 g/mol. The van der Waals surface area contributed by atoms with Gasteiger partial charge in [0.25, 0.3) is 0 Å². The highest BCUT2D eigenvalue weighted by atomic mass is 35.5. The van der Waals surface area contributed by atoms with Crippen molar-refractivity contribution in [3.05, 3.63) is 29.6 Å². The molecule has 0 spiro atoms. The van der Waals surface area contributed by atoms with Gasteiger partial charge in [-0.3, -0.25) is 4.79 Å². The predicted octanol–water partition coefficient (Wildman–Crippen LogP) is 1.96. The van der Waals surface area contributed by atoms with Gasteiger partial charge in [-0.1, -0.05) is 6.92 Å². The molecule has 0 aliphatic carbocycles. The molecule has 0 bridgehead atoms. The highest BCUT2D eigenvalue weighted by Crippen LogP contribution is 2.15. The minimum atomic E-state index is -3.88. The minimum absolute atomic E-state index is 0.0993. The molecule has 4 nitrogen and oxygen atoms in total. The third-order valence-corrected chi connectivity index (χ3v) is 4.15. The van der Waals surface area contributed by atoms with Crippen LogP contribution in [0, 0.1) is 12.7 Å². The van der Waals surface area contributed by atoms with Gasteiger partial charge in [0.2, 0.25) is 15.3 Å². The van der Waals surface area contributed by atoms with Crippen molar-refractivity contribution in [1.82, 2.24) is 4.72 Å². The Balaban J connectivity index is 3.06. The Labute approximate surface area is 110 Å². The van der Waals surface area contributed by atoms with Gasteiger partial charge >= 0.3 is 0 Å². The van der Waals surface area contributed by atoms with E-state index in [1.54, 1.807) is 6.92 Å². The van der Waals surface area contributed by atoms with Gasteiger partial charge in [-0.15, -0.1) is 0 Å². The number of nitrogens with one attached hydrogen (secondary N) is 1. The number of carbonyl (C=O) groups is 1. The molecule has 0 aromatic heterocycles. The zero-order valence-corrected chi connectivity index (χ0v) is 11.5. The fraction of sp³-hybridized carbons (Fsp3) is 0.364.